The Kier molecular flexibility index (Phi) is 1.45. The second kappa shape index (κ2) is 4.41. The topological polar surface area (TPSA) is 52.6 Å². The Bertz CT molecular complexity index is 572. The SMILES string of the molecule is [2H]c1c([2H])c([2H])c(C(=O)OC([2H])[2H])c(C(=O)OC)c1[2H]. The monoisotopic (exact) mass is 200 g/mol. The van der Waals surface area contributed by atoms with Gasteiger partial charge in [-0.25, -0.2) is 9.59 Å². The molecule has 74 valence electrons. The molecule has 0 radical (unpaired) electrons. The van der Waals surface area contributed by atoms with Crippen molar-refractivity contribution in [3.8, 4) is 0 Å². The fraction of sp³-hybridized carbons (Fsp3) is 0.200. The zero-order chi connectivity index (χ0) is 15.6. The minimum absolute atomic E-state index is 0.691. The molecule has 1 aromatic rings. The van der Waals surface area contributed by atoms with Gasteiger partial charge in [-0.3, -0.25) is 0 Å². The highest BCUT2D eigenvalue weighted by atomic mass is 16.5. The zero-order valence-corrected chi connectivity index (χ0v) is 7.21. The van der Waals surface area contributed by atoms with Crippen molar-refractivity contribution in [1.82, 2.24) is 0 Å². The van der Waals surface area contributed by atoms with Crippen LogP contribution in [0.1, 0.15) is 28.9 Å². The van der Waals surface area contributed by atoms with Gasteiger partial charge in [0.15, 0.2) is 0 Å². The molecule has 0 atom stereocenters. The lowest BCUT2D eigenvalue weighted by Crippen LogP contribution is -2.11. The first kappa shape index (κ1) is 4.59. The third kappa shape index (κ3) is 1.90. The number of hydrogen-bond donors (Lipinski definition) is 0. The highest BCUT2D eigenvalue weighted by Gasteiger charge is 2.16. The van der Waals surface area contributed by atoms with Crippen LogP contribution in [0.2, 0.25) is 0 Å². The molecule has 0 N–H and O–H groups in total. The van der Waals surface area contributed by atoms with Crippen molar-refractivity contribution in [2.45, 2.75) is 0 Å². The van der Waals surface area contributed by atoms with Gasteiger partial charge >= 0.3 is 11.9 Å². The van der Waals surface area contributed by atoms with Gasteiger partial charge in [-0.15, -0.1) is 0 Å². The Morgan fingerprint density at radius 2 is 1.71 bits per heavy atom. The molecule has 0 heterocycles. The van der Waals surface area contributed by atoms with Gasteiger partial charge in [0.1, 0.15) is 0 Å². The summed E-state index contributed by atoms with van der Waals surface area (Å²) < 4.78 is 52.3. The first-order valence-corrected chi connectivity index (χ1v) is 3.46. The average Bonchev–Trinajstić information content (AvgIpc) is 2.38. The van der Waals surface area contributed by atoms with Gasteiger partial charge in [-0.05, 0) is 12.1 Å². The number of methoxy groups -OCH3 is 2. The van der Waals surface area contributed by atoms with Crippen LogP contribution in [0.25, 0.3) is 0 Å². The molecule has 0 saturated heterocycles. The molecule has 0 bridgehead atoms. The number of esters is 2. The molecule has 0 aliphatic heterocycles. The average molecular weight is 200 g/mol. The van der Waals surface area contributed by atoms with Gasteiger partial charge in [-0.1, -0.05) is 12.1 Å². The number of benzene rings is 1. The Labute approximate surface area is 89.9 Å². The minimum Gasteiger partial charge on any atom is -0.465 e. The summed E-state index contributed by atoms with van der Waals surface area (Å²) in [6.45, 7) is 0. The van der Waals surface area contributed by atoms with Crippen molar-refractivity contribution in [2.75, 3.05) is 14.2 Å². The van der Waals surface area contributed by atoms with Crippen molar-refractivity contribution in [3.63, 3.8) is 0 Å². The summed E-state index contributed by atoms with van der Waals surface area (Å²) in [5.41, 5.74) is -1.45. The molecule has 0 unspecified atom stereocenters. The lowest BCUT2D eigenvalue weighted by atomic mass is 10.1. The molecule has 1 aromatic carbocycles. The summed E-state index contributed by atoms with van der Waals surface area (Å²) in [7, 11) is -1.01. The third-order valence-electron chi connectivity index (χ3n) is 1.39. The minimum atomic E-state index is -1.99. The number of carbonyl (C=O) groups is 2. The molecule has 0 amide bonds. The molecule has 4 heteroatoms. The largest absolute Gasteiger partial charge is 0.465 e. The Balaban J connectivity index is 3.63. The quantitative estimate of drug-likeness (QED) is 0.674. The van der Waals surface area contributed by atoms with E-state index < -0.39 is 54.3 Å². The maximum atomic E-state index is 11.7. The van der Waals surface area contributed by atoms with Crippen LogP contribution >= 0.6 is 0 Å². The van der Waals surface area contributed by atoms with Crippen molar-refractivity contribution < 1.29 is 27.3 Å². The Hall–Kier alpha value is -1.84. The predicted octanol–water partition coefficient (Wildman–Crippen LogP) is 1.26. The summed E-state index contributed by atoms with van der Waals surface area (Å²) in [6, 6.07) is -2.99. The lowest BCUT2D eigenvalue weighted by molar-refractivity contribution is 0.0555. The maximum absolute atomic E-state index is 11.7. The predicted molar refractivity (Wildman–Crippen MR) is 49.1 cm³/mol. The van der Waals surface area contributed by atoms with Crippen molar-refractivity contribution >= 4 is 11.9 Å². The molecule has 0 fully saturated rings. The first-order chi connectivity index (χ1) is 9.22. The van der Waals surface area contributed by atoms with Crippen LogP contribution in [0.5, 0.6) is 0 Å². The van der Waals surface area contributed by atoms with Crippen LogP contribution in [-0.4, -0.2) is 26.1 Å². The summed E-state index contributed by atoms with van der Waals surface area (Å²) >= 11 is 0. The van der Waals surface area contributed by atoms with E-state index in [9.17, 15) is 9.59 Å². The molecule has 0 saturated carbocycles. The molecule has 0 aliphatic carbocycles. The number of hydrogen-bond acceptors (Lipinski definition) is 4. The summed E-state index contributed by atoms with van der Waals surface area (Å²) in [5.74, 6) is -2.51. The van der Waals surface area contributed by atoms with Gasteiger partial charge in [0, 0.05) is 0 Å². The van der Waals surface area contributed by atoms with E-state index in [2.05, 4.69) is 9.47 Å². The van der Waals surface area contributed by atoms with E-state index in [0.29, 0.717) is 0 Å². The van der Waals surface area contributed by atoms with E-state index in [-0.39, 0.29) is 0 Å². The maximum Gasteiger partial charge on any atom is 0.338 e. The summed E-state index contributed by atoms with van der Waals surface area (Å²) in [5, 5.41) is 0. The van der Waals surface area contributed by atoms with E-state index in [1.54, 1.807) is 0 Å². The smallest absolute Gasteiger partial charge is 0.338 e. The highest BCUT2D eigenvalue weighted by molar-refractivity contribution is 6.02. The first-order valence-electron chi connectivity index (χ1n) is 6.62. The van der Waals surface area contributed by atoms with Gasteiger partial charge < -0.3 is 9.47 Å². The van der Waals surface area contributed by atoms with Gasteiger partial charge in [0.2, 0.25) is 0 Å². The second-order valence-corrected chi connectivity index (χ2v) is 2.15. The normalized spacial score (nSPS) is 15.6. The van der Waals surface area contributed by atoms with Crippen molar-refractivity contribution in [2.24, 2.45) is 0 Å². The number of ether oxygens (including phenoxy) is 2. The molecule has 0 aromatic heterocycles. The van der Waals surface area contributed by atoms with E-state index >= 15 is 0 Å². The molecular weight excluding hydrogens is 184 g/mol. The van der Waals surface area contributed by atoms with Crippen LogP contribution in [0.3, 0.4) is 0 Å². The van der Waals surface area contributed by atoms with Crippen LogP contribution in [0.15, 0.2) is 24.2 Å². The fourth-order valence-corrected chi connectivity index (χ4v) is 0.780. The van der Waals surface area contributed by atoms with E-state index in [1.807, 2.05) is 0 Å². The molecule has 4 nitrogen and oxygen atoms in total. The lowest BCUT2D eigenvalue weighted by Gasteiger charge is -2.04. The van der Waals surface area contributed by atoms with Crippen LogP contribution < -0.4 is 0 Å². The fourth-order valence-electron chi connectivity index (χ4n) is 0.780. The second-order valence-electron chi connectivity index (χ2n) is 2.15. The van der Waals surface area contributed by atoms with Crippen LogP contribution in [-0.2, 0) is 9.47 Å². The summed E-state index contributed by atoms with van der Waals surface area (Å²) in [4.78, 5) is 23.3. The van der Waals surface area contributed by atoms with E-state index in [4.69, 9.17) is 8.22 Å². The molecule has 0 spiro atoms. The Morgan fingerprint density at radius 3 is 2.14 bits per heavy atom. The standard InChI is InChI=1S/C10H10O4/c1-13-9(11)7-5-3-4-6-8(7)10(12)14-2/h3-6H,1-2H3/i1D2,3D,4D,5D,6D. The number of carbonyl (C=O) groups excluding carboxylic acids is 2. The van der Waals surface area contributed by atoms with Gasteiger partial charge in [0.05, 0.1) is 33.5 Å². The van der Waals surface area contributed by atoms with Crippen molar-refractivity contribution in [3.05, 3.63) is 35.3 Å². The molecule has 1 rings (SSSR count). The third-order valence-corrected chi connectivity index (χ3v) is 1.39. The van der Waals surface area contributed by atoms with Gasteiger partial charge in [-0.2, -0.15) is 0 Å². The Morgan fingerprint density at radius 1 is 1.21 bits per heavy atom. The molecular formula is C10H10O4. The van der Waals surface area contributed by atoms with E-state index in [0.717, 1.165) is 7.11 Å². The summed E-state index contributed by atoms with van der Waals surface area (Å²) in [6.07, 6.45) is 0. The van der Waals surface area contributed by atoms with Crippen LogP contribution in [0, 0.1) is 0 Å². The van der Waals surface area contributed by atoms with E-state index in [1.165, 1.54) is 0 Å². The molecule has 0 aliphatic rings. The van der Waals surface area contributed by atoms with Crippen molar-refractivity contribution in [1.29, 1.82) is 0 Å². The molecule has 14 heavy (non-hydrogen) atoms. The van der Waals surface area contributed by atoms with Gasteiger partial charge in [0.25, 0.3) is 0 Å². The number of rotatable bonds is 2. The zero-order valence-electron chi connectivity index (χ0n) is 13.2. The highest BCUT2D eigenvalue weighted by Crippen LogP contribution is 2.10. The van der Waals surface area contributed by atoms with Crippen LogP contribution in [0.4, 0.5) is 0 Å².